The minimum Gasteiger partial charge on any atom is -0.493 e. The second-order valence-corrected chi connectivity index (χ2v) is 7.18. The highest BCUT2D eigenvalue weighted by molar-refractivity contribution is 6.05. The van der Waals surface area contributed by atoms with Crippen molar-refractivity contribution in [3.05, 3.63) is 107 Å². The molecule has 0 bridgehead atoms. The number of para-hydroxylation sites is 1. The summed E-state index contributed by atoms with van der Waals surface area (Å²) < 4.78 is 5.98. The van der Waals surface area contributed by atoms with Crippen molar-refractivity contribution in [2.45, 2.75) is 6.42 Å². The maximum Gasteiger partial charge on any atom is 0.316 e. The van der Waals surface area contributed by atoms with Crippen LogP contribution in [0.5, 0.6) is 5.75 Å². The number of hydrogen-bond donors (Lipinski definition) is 2. The minimum absolute atomic E-state index is 0.139. The number of nitroso groups, excluding NO2 is 1. The van der Waals surface area contributed by atoms with Crippen LogP contribution in [-0.4, -0.2) is 28.4 Å². The summed E-state index contributed by atoms with van der Waals surface area (Å²) in [6.45, 7) is 0.498. The molecule has 1 aromatic heterocycles. The minimum atomic E-state index is -0.869. The Morgan fingerprint density at radius 3 is 2.36 bits per heavy atom. The summed E-state index contributed by atoms with van der Waals surface area (Å²) in [5.74, 6) is -0.409. The van der Waals surface area contributed by atoms with Crippen LogP contribution in [-0.2, 0) is 6.42 Å². The fourth-order valence-electron chi connectivity index (χ4n) is 3.27. The summed E-state index contributed by atoms with van der Waals surface area (Å²) in [5, 5.41) is 5.16. The van der Waals surface area contributed by atoms with E-state index in [-0.39, 0.29) is 11.5 Å². The van der Waals surface area contributed by atoms with Gasteiger partial charge in [-0.05, 0) is 54.1 Å². The third kappa shape index (κ3) is 5.37. The molecule has 0 unspecified atom stereocenters. The zero-order valence-electron chi connectivity index (χ0n) is 17.5. The molecule has 4 rings (SSSR count). The van der Waals surface area contributed by atoms with E-state index in [0.717, 1.165) is 22.6 Å². The first-order valence-corrected chi connectivity index (χ1v) is 10.2. The van der Waals surface area contributed by atoms with E-state index < -0.39 is 5.91 Å². The van der Waals surface area contributed by atoms with Gasteiger partial charge in [0.2, 0.25) is 0 Å². The van der Waals surface area contributed by atoms with Crippen LogP contribution in [0.3, 0.4) is 0 Å². The number of carbonyl (C=O) groups excluding carboxylic acids is 2. The number of H-pyrrole nitrogens is 1. The summed E-state index contributed by atoms with van der Waals surface area (Å²) in [7, 11) is 0. The topological polar surface area (TPSA) is 114 Å². The van der Waals surface area contributed by atoms with Crippen molar-refractivity contribution >= 4 is 17.5 Å². The molecule has 0 fully saturated rings. The lowest BCUT2D eigenvalue weighted by atomic mass is 10.1. The van der Waals surface area contributed by atoms with E-state index in [1.54, 1.807) is 12.5 Å². The lowest BCUT2D eigenvalue weighted by Crippen LogP contribution is -2.12. The summed E-state index contributed by atoms with van der Waals surface area (Å²) in [6.07, 6.45) is 4.09. The molecule has 2 amide bonds. The largest absolute Gasteiger partial charge is 0.493 e. The molecule has 1 heterocycles. The first-order chi connectivity index (χ1) is 16.1. The van der Waals surface area contributed by atoms with Gasteiger partial charge < -0.3 is 15.0 Å². The second-order valence-electron chi connectivity index (χ2n) is 7.18. The van der Waals surface area contributed by atoms with Gasteiger partial charge in [0.15, 0.2) is 0 Å². The van der Waals surface area contributed by atoms with E-state index in [0.29, 0.717) is 24.3 Å². The van der Waals surface area contributed by atoms with Gasteiger partial charge in [-0.25, -0.2) is 4.98 Å². The average Bonchev–Trinajstić information content (AvgIpc) is 3.40. The van der Waals surface area contributed by atoms with Crippen LogP contribution in [0.1, 0.15) is 26.3 Å². The molecule has 0 atom stereocenters. The van der Waals surface area contributed by atoms with Crippen molar-refractivity contribution in [3.63, 3.8) is 0 Å². The highest BCUT2D eigenvalue weighted by Crippen LogP contribution is 2.28. The first kappa shape index (κ1) is 21.6. The van der Waals surface area contributed by atoms with Crippen molar-refractivity contribution in [1.82, 2.24) is 9.97 Å². The molecule has 0 aliphatic rings. The molecule has 0 aliphatic carbocycles. The number of amides is 2. The molecule has 8 nitrogen and oxygen atoms in total. The Bertz CT molecular complexity index is 1250. The molecule has 0 saturated heterocycles. The van der Waals surface area contributed by atoms with Crippen LogP contribution in [0.4, 0.5) is 5.69 Å². The van der Waals surface area contributed by atoms with Crippen LogP contribution in [0.2, 0.25) is 0 Å². The summed E-state index contributed by atoms with van der Waals surface area (Å²) in [5.41, 5.74) is 4.06. The monoisotopic (exact) mass is 440 g/mol. The summed E-state index contributed by atoms with van der Waals surface area (Å²) in [6, 6.07) is 21.0. The van der Waals surface area contributed by atoms with E-state index in [1.165, 1.54) is 24.3 Å². The molecular weight excluding hydrogens is 420 g/mol. The number of hydrogen-bond acceptors (Lipinski definition) is 5. The molecular formula is C25H20N4O4. The zero-order valence-corrected chi connectivity index (χ0v) is 17.5. The van der Waals surface area contributed by atoms with E-state index in [9.17, 15) is 14.5 Å². The van der Waals surface area contributed by atoms with Gasteiger partial charge >= 0.3 is 5.91 Å². The van der Waals surface area contributed by atoms with Crippen LogP contribution < -0.4 is 10.1 Å². The number of aromatic amines is 1. The smallest absolute Gasteiger partial charge is 0.316 e. The lowest BCUT2D eigenvalue weighted by molar-refractivity contribution is 0.0995. The Balaban J connectivity index is 1.31. The molecule has 0 radical (unpaired) electrons. The summed E-state index contributed by atoms with van der Waals surface area (Å²) in [4.78, 5) is 41.1. The van der Waals surface area contributed by atoms with E-state index in [4.69, 9.17) is 4.74 Å². The quantitative estimate of drug-likeness (QED) is 0.380. The lowest BCUT2D eigenvalue weighted by Gasteiger charge is -2.11. The van der Waals surface area contributed by atoms with Gasteiger partial charge in [0, 0.05) is 34.0 Å². The number of carbonyl (C=O) groups is 2. The average molecular weight is 440 g/mol. The van der Waals surface area contributed by atoms with Gasteiger partial charge in [0.1, 0.15) is 5.75 Å². The molecule has 0 saturated carbocycles. The Labute approximate surface area is 189 Å². The number of ether oxygens (including phenoxy) is 1. The van der Waals surface area contributed by atoms with Crippen LogP contribution >= 0.6 is 0 Å². The molecule has 33 heavy (non-hydrogen) atoms. The molecule has 0 spiro atoms. The fourth-order valence-corrected chi connectivity index (χ4v) is 3.27. The number of anilines is 1. The highest BCUT2D eigenvalue weighted by atomic mass is 16.5. The standard InChI is InChI=1S/C25H20N4O4/c30-24(18-7-9-19(10-8-18)25(31)29-32)28-20-11-5-17(6-12-20)13-14-33-23-4-2-1-3-21(23)22-15-26-16-27-22/h1-12,15-16H,13-14H2,(H,26,27)(H,28,30). The summed E-state index contributed by atoms with van der Waals surface area (Å²) >= 11 is 0. The third-order valence-corrected chi connectivity index (χ3v) is 5.01. The third-order valence-electron chi connectivity index (χ3n) is 5.01. The number of nitrogens with one attached hydrogen (secondary N) is 2. The van der Waals surface area contributed by atoms with Crippen molar-refractivity contribution in [2.75, 3.05) is 11.9 Å². The van der Waals surface area contributed by atoms with Gasteiger partial charge in [-0.2, -0.15) is 0 Å². The number of benzene rings is 3. The van der Waals surface area contributed by atoms with Gasteiger partial charge in [-0.15, -0.1) is 4.91 Å². The molecule has 4 aromatic rings. The van der Waals surface area contributed by atoms with Crippen molar-refractivity contribution in [3.8, 4) is 17.0 Å². The number of rotatable bonds is 8. The Morgan fingerprint density at radius 2 is 1.67 bits per heavy atom. The van der Waals surface area contributed by atoms with Crippen molar-refractivity contribution in [2.24, 2.45) is 5.18 Å². The van der Waals surface area contributed by atoms with Gasteiger partial charge in [-0.1, -0.05) is 24.3 Å². The maximum atomic E-state index is 12.4. The van der Waals surface area contributed by atoms with Gasteiger partial charge in [0.25, 0.3) is 5.91 Å². The molecule has 2 N–H and O–H groups in total. The Morgan fingerprint density at radius 1 is 0.939 bits per heavy atom. The second kappa shape index (κ2) is 10.1. The molecule has 164 valence electrons. The Kier molecular flexibility index (Phi) is 6.65. The van der Waals surface area contributed by atoms with E-state index >= 15 is 0 Å². The number of imidazole rings is 1. The Hall–Kier alpha value is -4.59. The fraction of sp³-hybridized carbons (Fsp3) is 0.0800. The predicted octanol–water partition coefficient (Wildman–Crippen LogP) is 4.86. The first-order valence-electron chi connectivity index (χ1n) is 10.2. The number of aromatic nitrogens is 2. The zero-order chi connectivity index (χ0) is 23.0. The van der Waals surface area contributed by atoms with Gasteiger partial charge in [0.05, 0.1) is 24.8 Å². The van der Waals surface area contributed by atoms with Crippen LogP contribution in [0, 0.1) is 4.91 Å². The van der Waals surface area contributed by atoms with E-state index in [1.807, 2.05) is 48.5 Å². The van der Waals surface area contributed by atoms with Crippen molar-refractivity contribution < 1.29 is 14.3 Å². The SMILES string of the molecule is O=NC(=O)c1ccc(C(=O)Nc2ccc(CCOc3ccccc3-c3cnc[nH]3)cc2)cc1. The molecule has 0 aliphatic heterocycles. The number of nitrogens with zero attached hydrogens (tertiary/aromatic N) is 2. The normalized spacial score (nSPS) is 10.4. The van der Waals surface area contributed by atoms with Crippen LogP contribution in [0.15, 0.2) is 90.5 Å². The van der Waals surface area contributed by atoms with Crippen LogP contribution in [0.25, 0.3) is 11.3 Å². The van der Waals surface area contributed by atoms with Gasteiger partial charge in [-0.3, -0.25) is 9.59 Å². The molecule has 8 heteroatoms. The predicted molar refractivity (Wildman–Crippen MR) is 124 cm³/mol. The highest BCUT2D eigenvalue weighted by Gasteiger charge is 2.10. The molecule has 3 aromatic carbocycles. The van der Waals surface area contributed by atoms with E-state index in [2.05, 4.69) is 20.5 Å². The van der Waals surface area contributed by atoms with Crippen molar-refractivity contribution in [1.29, 1.82) is 0 Å². The maximum absolute atomic E-state index is 12.4.